The van der Waals surface area contributed by atoms with Gasteiger partial charge in [0.05, 0.1) is 25.3 Å². The molecule has 1 unspecified atom stereocenters. The quantitative estimate of drug-likeness (QED) is 0.778. The summed E-state index contributed by atoms with van der Waals surface area (Å²) in [6, 6.07) is 2.94. The van der Waals surface area contributed by atoms with Crippen molar-refractivity contribution >= 4 is 11.9 Å². The number of carbonyl (C=O) groups excluding carboxylic acids is 2. The van der Waals surface area contributed by atoms with Gasteiger partial charge in [-0.2, -0.15) is 0 Å². The summed E-state index contributed by atoms with van der Waals surface area (Å²) in [5.74, 6) is -0.773. The van der Waals surface area contributed by atoms with Crippen LogP contribution in [0.3, 0.4) is 0 Å². The summed E-state index contributed by atoms with van der Waals surface area (Å²) in [5.41, 5.74) is 0.560. The Kier molecular flexibility index (Phi) is 5.95. The Morgan fingerprint density at radius 1 is 1.37 bits per heavy atom. The summed E-state index contributed by atoms with van der Waals surface area (Å²) in [5, 5.41) is 2.80. The number of methoxy groups -OCH3 is 2. The van der Waals surface area contributed by atoms with E-state index in [2.05, 4.69) is 15.0 Å². The maximum atomic E-state index is 11.9. The molecule has 0 aliphatic rings. The number of aromatic nitrogens is 1. The van der Waals surface area contributed by atoms with E-state index < -0.39 is 5.97 Å². The Bertz CT molecular complexity index is 431. The number of hydrogen-bond donors (Lipinski definition) is 1. The van der Waals surface area contributed by atoms with Gasteiger partial charge in [0.2, 0.25) is 0 Å². The van der Waals surface area contributed by atoms with E-state index in [1.54, 1.807) is 7.11 Å². The molecule has 1 N–H and O–H groups in total. The van der Waals surface area contributed by atoms with E-state index in [1.807, 2.05) is 6.92 Å². The van der Waals surface area contributed by atoms with Crippen LogP contribution >= 0.6 is 0 Å². The van der Waals surface area contributed by atoms with Crippen LogP contribution in [0.25, 0.3) is 0 Å². The zero-order valence-electron chi connectivity index (χ0n) is 11.3. The molecule has 19 heavy (non-hydrogen) atoms. The van der Waals surface area contributed by atoms with E-state index in [9.17, 15) is 9.59 Å². The zero-order chi connectivity index (χ0) is 14.3. The molecule has 0 saturated carbocycles. The Morgan fingerprint density at radius 3 is 2.58 bits per heavy atom. The van der Waals surface area contributed by atoms with E-state index in [4.69, 9.17) is 4.74 Å². The second-order valence-electron chi connectivity index (χ2n) is 3.96. The van der Waals surface area contributed by atoms with Gasteiger partial charge < -0.3 is 14.8 Å². The lowest BCUT2D eigenvalue weighted by Gasteiger charge is -2.15. The molecule has 0 aromatic carbocycles. The van der Waals surface area contributed by atoms with E-state index in [1.165, 1.54) is 25.4 Å². The number of esters is 1. The molecule has 0 aliphatic carbocycles. The number of carbonyl (C=O) groups is 2. The Morgan fingerprint density at radius 2 is 2.11 bits per heavy atom. The lowest BCUT2D eigenvalue weighted by molar-refractivity contribution is 0.0599. The second kappa shape index (κ2) is 7.48. The fraction of sp³-hybridized carbons (Fsp3) is 0.462. The minimum atomic E-state index is -0.481. The van der Waals surface area contributed by atoms with Gasteiger partial charge in [0.15, 0.2) is 0 Å². The van der Waals surface area contributed by atoms with Gasteiger partial charge in [0, 0.05) is 13.3 Å². The van der Waals surface area contributed by atoms with Crippen LogP contribution in [-0.2, 0) is 9.47 Å². The van der Waals surface area contributed by atoms with Gasteiger partial charge in [-0.15, -0.1) is 0 Å². The van der Waals surface area contributed by atoms with Crippen molar-refractivity contribution in [3.05, 3.63) is 29.6 Å². The lowest BCUT2D eigenvalue weighted by Crippen LogP contribution is -2.37. The molecule has 1 heterocycles. The standard InChI is InChI=1S/C13H18N2O4/c1-4-10(8-18-2)15-12(16)11-6-5-9(7-14-11)13(17)19-3/h5-7,10H,4,8H2,1-3H3,(H,15,16). The van der Waals surface area contributed by atoms with Gasteiger partial charge in [0.1, 0.15) is 5.69 Å². The number of amides is 1. The van der Waals surface area contributed by atoms with Crippen LogP contribution in [0.5, 0.6) is 0 Å². The molecule has 6 heteroatoms. The van der Waals surface area contributed by atoms with Crippen LogP contribution in [0.1, 0.15) is 34.2 Å². The van der Waals surface area contributed by atoms with Crippen molar-refractivity contribution in [3.63, 3.8) is 0 Å². The Labute approximate surface area is 112 Å². The number of hydrogen-bond acceptors (Lipinski definition) is 5. The van der Waals surface area contributed by atoms with Gasteiger partial charge in [0.25, 0.3) is 5.91 Å². The second-order valence-corrected chi connectivity index (χ2v) is 3.96. The Hall–Kier alpha value is -1.95. The number of ether oxygens (including phenoxy) is 2. The molecule has 1 rings (SSSR count). The molecule has 6 nitrogen and oxygen atoms in total. The largest absolute Gasteiger partial charge is 0.465 e. The maximum Gasteiger partial charge on any atom is 0.339 e. The van der Waals surface area contributed by atoms with Crippen LogP contribution in [0.15, 0.2) is 18.3 Å². The highest BCUT2D eigenvalue weighted by atomic mass is 16.5. The van der Waals surface area contributed by atoms with Crippen LogP contribution in [-0.4, -0.2) is 43.7 Å². The zero-order valence-corrected chi connectivity index (χ0v) is 11.3. The minimum absolute atomic E-state index is 0.0559. The van der Waals surface area contributed by atoms with E-state index in [0.717, 1.165) is 6.42 Å². The number of pyridine rings is 1. The average molecular weight is 266 g/mol. The third kappa shape index (κ3) is 4.33. The summed E-state index contributed by atoms with van der Waals surface area (Å²) < 4.78 is 9.55. The molecule has 0 radical (unpaired) electrons. The molecule has 0 spiro atoms. The first-order chi connectivity index (χ1) is 9.12. The summed E-state index contributed by atoms with van der Waals surface area (Å²) in [4.78, 5) is 27.1. The average Bonchev–Trinajstić information content (AvgIpc) is 2.45. The highest BCUT2D eigenvalue weighted by Gasteiger charge is 2.14. The van der Waals surface area contributed by atoms with Crippen LogP contribution < -0.4 is 5.32 Å². The smallest absolute Gasteiger partial charge is 0.339 e. The third-order valence-electron chi connectivity index (χ3n) is 2.61. The molecular weight excluding hydrogens is 248 g/mol. The predicted octanol–water partition coefficient (Wildman–Crippen LogP) is 1.02. The first-order valence-electron chi connectivity index (χ1n) is 5.96. The monoisotopic (exact) mass is 266 g/mol. The summed E-state index contributed by atoms with van der Waals surface area (Å²) in [7, 11) is 2.87. The van der Waals surface area contributed by atoms with Gasteiger partial charge in [-0.05, 0) is 18.6 Å². The van der Waals surface area contributed by atoms with Crippen LogP contribution in [0.2, 0.25) is 0 Å². The predicted molar refractivity (Wildman–Crippen MR) is 69.0 cm³/mol. The molecule has 0 bridgehead atoms. The fourth-order valence-corrected chi connectivity index (χ4v) is 1.49. The van der Waals surface area contributed by atoms with Crippen LogP contribution in [0, 0.1) is 0 Å². The minimum Gasteiger partial charge on any atom is -0.465 e. The van der Waals surface area contributed by atoms with Crippen molar-refractivity contribution in [1.82, 2.24) is 10.3 Å². The van der Waals surface area contributed by atoms with Crippen molar-refractivity contribution < 1.29 is 19.1 Å². The maximum absolute atomic E-state index is 11.9. The van der Waals surface area contributed by atoms with E-state index >= 15 is 0 Å². The van der Waals surface area contributed by atoms with Crippen molar-refractivity contribution in [1.29, 1.82) is 0 Å². The Balaban J connectivity index is 2.69. The molecule has 0 fully saturated rings. The summed E-state index contributed by atoms with van der Waals surface area (Å²) >= 11 is 0. The fourth-order valence-electron chi connectivity index (χ4n) is 1.49. The van der Waals surface area contributed by atoms with Crippen molar-refractivity contribution in [2.24, 2.45) is 0 Å². The molecular formula is C13H18N2O4. The van der Waals surface area contributed by atoms with Gasteiger partial charge >= 0.3 is 5.97 Å². The first kappa shape index (κ1) is 15.1. The molecule has 104 valence electrons. The number of nitrogens with one attached hydrogen (secondary N) is 1. The van der Waals surface area contributed by atoms with Crippen molar-refractivity contribution in [2.75, 3.05) is 20.8 Å². The summed E-state index contributed by atoms with van der Waals surface area (Å²) in [6.45, 7) is 2.40. The topological polar surface area (TPSA) is 77.5 Å². The normalized spacial score (nSPS) is 11.7. The highest BCUT2D eigenvalue weighted by Crippen LogP contribution is 2.03. The first-order valence-corrected chi connectivity index (χ1v) is 5.96. The molecule has 1 aromatic rings. The highest BCUT2D eigenvalue weighted by molar-refractivity contribution is 5.94. The van der Waals surface area contributed by atoms with E-state index in [-0.39, 0.29) is 17.6 Å². The molecule has 0 saturated heterocycles. The third-order valence-corrected chi connectivity index (χ3v) is 2.61. The molecule has 1 amide bonds. The lowest BCUT2D eigenvalue weighted by atomic mass is 10.2. The van der Waals surface area contributed by atoms with Gasteiger partial charge in [-0.25, -0.2) is 4.79 Å². The van der Waals surface area contributed by atoms with E-state index in [0.29, 0.717) is 12.2 Å². The van der Waals surface area contributed by atoms with Crippen molar-refractivity contribution in [3.8, 4) is 0 Å². The molecule has 1 atom stereocenters. The molecule has 1 aromatic heterocycles. The van der Waals surface area contributed by atoms with Gasteiger partial charge in [-0.3, -0.25) is 9.78 Å². The van der Waals surface area contributed by atoms with Crippen molar-refractivity contribution in [2.45, 2.75) is 19.4 Å². The number of rotatable bonds is 6. The number of nitrogens with zero attached hydrogens (tertiary/aromatic N) is 1. The SMILES string of the molecule is CCC(COC)NC(=O)c1ccc(C(=O)OC)cn1. The van der Waals surface area contributed by atoms with Crippen LogP contribution in [0.4, 0.5) is 0 Å². The summed E-state index contributed by atoms with van der Waals surface area (Å²) in [6.07, 6.45) is 2.08. The van der Waals surface area contributed by atoms with Gasteiger partial charge in [-0.1, -0.05) is 6.92 Å². The molecule has 0 aliphatic heterocycles.